The molecule has 5 nitrogen and oxygen atoms in total. The summed E-state index contributed by atoms with van der Waals surface area (Å²) in [6.07, 6.45) is 0.480. The van der Waals surface area contributed by atoms with Gasteiger partial charge in [-0.05, 0) is 31.6 Å². The quantitative estimate of drug-likeness (QED) is 0.780. The Morgan fingerprint density at radius 3 is 2.33 bits per heavy atom. The van der Waals surface area contributed by atoms with Crippen LogP contribution >= 0.6 is 0 Å². The molecule has 0 aromatic carbocycles. The summed E-state index contributed by atoms with van der Waals surface area (Å²) in [4.78, 5) is 11.3. The lowest BCUT2D eigenvalue weighted by molar-refractivity contribution is -0.147. The van der Waals surface area contributed by atoms with Crippen LogP contribution in [-0.4, -0.2) is 41.7 Å². The fraction of sp³-hybridized carbons (Fsp3) is 0.917. The zero-order valence-electron chi connectivity index (χ0n) is 11.1. The molecule has 1 fully saturated rings. The molecule has 0 bridgehead atoms. The van der Waals surface area contributed by atoms with Crippen LogP contribution in [0.3, 0.4) is 0 Å². The second-order valence-corrected chi connectivity index (χ2v) is 8.05. The van der Waals surface area contributed by atoms with Crippen molar-refractivity contribution in [3.63, 3.8) is 0 Å². The van der Waals surface area contributed by atoms with Crippen LogP contribution in [0.15, 0.2) is 0 Å². The summed E-state index contributed by atoms with van der Waals surface area (Å²) in [5.74, 6) is -2.27. The number of carboxylic acid groups (broad SMARTS) is 1. The molecule has 0 radical (unpaired) electrons. The first-order valence-electron chi connectivity index (χ1n) is 6.21. The standard InChI is InChI=1S/C12H22O5S/c1-8(2)12(3,15)6-10(11(13)14)9-4-5-18(16,17)7-9/h8-10,15H,4-7H2,1-3H3,(H,13,14). The van der Waals surface area contributed by atoms with Crippen LogP contribution in [0.4, 0.5) is 0 Å². The lowest BCUT2D eigenvalue weighted by Crippen LogP contribution is -2.38. The lowest BCUT2D eigenvalue weighted by Gasteiger charge is -2.32. The maximum Gasteiger partial charge on any atom is 0.306 e. The third kappa shape index (κ3) is 3.68. The number of rotatable bonds is 5. The van der Waals surface area contributed by atoms with Crippen LogP contribution in [0.2, 0.25) is 0 Å². The number of aliphatic hydroxyl groups is 1. The van der Waals surface area contributed by atoms with E-state index in [1.54, 1.807) is 6.92 Å². The predicted molar refractivity (Wildman–Crippen MR) is 68.0 cm³/mol. The van der Waals surface area contributed by atoms with Crippen molar-refractivity contribution in [1.29, 1.82) is 0 Å². The van der Waals surface area contributed by atoms with E-state index < -0.39 is 27.3 Å². The summed E-state index contributed by atoms with van der Waals surface area (Å²) in [6, 6.07) is 0. The molecular weight excluding hydrogens is 256 g/mol. The van der Waals surface area contributed by atoms with E-state index in [9.17, 15) is 23.4 Å². The summed E-state index contributed by atoms with van der Waals surface area (Å²) in [5.41, 5.74) is -1.09. The SMILES string of the molecule is CC(C)C(C)(O)CC(C(=O)O)C1CCS(=O)(=O)C1. The minimum atomic E-state index is -3.09. The molecule has 0 amide bonds. The zero-order chi connectivity index (χ0) is 14.1. The minimum Gasteiger partial charge on any atom is -0.481 e. The lowest BCUT2D eigenvalue weighted by atomic mass is 9.78. The van der Waals surface area contributed by atoms with Gasteiger partial charge in [-0.15, -0.1) is 0 Å². The van der Waals surface area contributed by atoms with E-state index in [4.69, 9.17) is 0 Å². The van der Waals surface area contributed by atoms with Crippen LogP contribution in [0.25, 0.3) is 0 Å². The van der Waals surface area contributed by atoms with Crippen molar-refractivity contribution in [3.05, 3.63) is 0 Å². The van der Waals surface area contributed by atoms with Gasteiger partial charge in [0.2, 0.25) is 0 Å². The van der Waals surface area contributed by atoms with E-state index >= 15 is 0 Å². The topological polar surface area (TPSA) is 91.7 Å². The van der Waals surface area contributed by atoms with E-state index in [0.717, 1.165) is 0 Å². The van der Waals surface area contributed by atoms with Crippen molar-refractivity contribution in [3.8, 4) is 0 Å². The molecule has 1 rings (SSSR count). The van der Waals surface area contributed by atoms with E-state index in [1.165, 1.54) is 0 Å². The highest BCUT2D eigenvalue weighted by atomic mass is 32.2. The average molecular weight is 278 g/mol. The summed E-state index contributed by atoms with van der Waals surface area (Å²) in [7, 11) is -3.09. The molecule has 1 aliphatic heterocycles. The summed E-state index contributed by atoms with van der Waals surface area (Å²) in [6.45, 7) is 5.26. The van der Waals surface area contributed by atoms with E-state index in [1.807, 2.05) is 13.8 Å². The van der Waals surface area contributed by atoms with Gasteiger partial charge in [0.1, 0.15) is 0 Å². The Hall–Kier alpha value is -0.620. The Balaban J connectivity index is 2.83. The van der Waals surface area contributed by atoms with Crippen LogP contribution in [0.1, 0.15) is 33.6 Å². The van der Waals surface area contributed by atoms with Gasteiger partial charge in [-0.1, -0.05) is 13.8 Å². The highest BCUT2D eigenvalue weighted by Gasteiger charge is 2.41. The van der Waals surface area contributed by atoms with E-state index in [2.05, 4.69) is 0 Å². The highest BCUT2D eigenvalue weighted by Crippen LogP contribution is 2.34. The first-order valence-corrected chi connectivity index (χ1v) is 8.03. The fourth-order valence-corrected chi connectivity index (χ4v) is 4.16. The van der Waals surface area contributed by atoms with Gasteiger partial charge in [0.05, 0.1) is 23.0 Å². The van der Waals surface area contributed by atoms with Gasteiger partial charge < -0.3 is 10.2 Å². The molecule has 0 aromatic rings. The number of carbonyl (C=O) groups is 1. The molecule has 6 heteroatoms. The van der Waals surface area contributed by atoms with Gasteiger partial charge in [-0.3, -0.25) is 4.79 Å². The second-order valence-electron chi connectivity index (χ2n) is 5.82. The maximum atomic E-state index is 11.4. The van der Waals surface area contributed by atoms with Gasteiger partial charge in [0.25, 0.3) is 0 Å². The van der Waals surface area contributed by atoms with Gasteiger partial charge in [-0.25, -0.2) is 8.42 Å². The molecular formula is C12H22O5S. The van der Waals surface area contributed by atoms with Crippen molar-refractivity contribution in [1.82, 2.24) is 0 Å². The molecule has 0 aliphatic carbocycles. The monoisotopic (exact) mass is 278 g/mol. The fourth-order valence-electron chi connectivity index (χ4n) is 2.28. The number of carboxylic acids is 1. The smallest absolute Gasteiger partial charge is 0.306 e. The van der Waals surface area contributed by atoms with Gasteiger partial charge in [0.15, 0.2) is 9.84 Å². The molecule has 2 N–H and O–H groups in total. The molecule has 1 saturated heterocycles. The number of sulfone groups is 1. The van der Waals surface area contributed by atoms with Gasteiger partial charge in [-0.2, -0.15) is 0 Å². The van der Waals surface area contributed by atoms with Crippen LogP contribution in [-0.2, 0) is 14.6 Å². The summed E-state index contributed by atoms with van der Waals surface area (Å²) < 4.78 is 22.8. The first-order chi connectivity index (χ1) is 8.05. The number of hydrogen-bond acceptors (Lipinski definition) is 4. The molecule has 3 unspecified atom stereocenters. The predicted octanol–water partition coefficient (Wildman–Crippen LogP) is 0.919. The van der Waals surface area contributed by atoms with Crippen LogP contribution < -0.4 is 0 Å². The molecule has 0 saturated carbocycles. The third-order valence-corrected chi connectivity index (χ3v) is 5.82. The van der Waals surface area contributed by atoms with E-state index in [0.29, 0.717) is 6.42 Å². The largest absolute Gasteiger partial charge is 0.481 e. The van der Waals surface area contributed by atoms with Crippen molar-refractivity contribution >= 4 is 15.8 Å². The Bertz CT molecular complexity index is 410. The van der Waals surface area contributed by atoms with Crippen molar-refractivity contribution in [2.75, 3.05) is 11.5 Å². The number of aliphatic carboxylic acids is 1. The Morgan fingerprint density at radius 2 is 2.00 bits per heavy atom. The van der Waals surface area contributed by atoms with Gasteiger partial charge in [0, 0.05) is 0 Å². The average Bonchev–Trinajstić information content (AvgIpc) is 2.54. The van der Waals surface area contributed by atoms with Crippen molar-refractivity contribution in [2.24, 2.45) is 17.8 Å². The summed E-state index contributed by atoms with van der Waals surface area (Å²) >= 11 is 0. The molecule has 1 heterocycles. The molecule has 0 spiro atoms. The van der Waals surface area contributed by atoms with Crippen LogP contribution in [0, 0.1) is 17.8 Å². The molecule has 1 aliphatic rings. The van der Waals surface area contributed by atoms with Crippen LogP contribution in [0.5, 0.6) is 0 Å². The second kappa shape index (κ2) is 5.17. The summed E-state index contributed by atoms with van der Waals surface area (Å²) in [5, 5.41) is 19.4. The van der Waals surface area contributed by atoms with Gasteiger partial charge >= 0.3 is 5.97 Å². The Labute approximate surface area is 108 Å². The Kier molecular flexibility index (Phi) is 4.43. The molecule has 0 aromatic heterocycles. The highest BCUT2D eigenvalue weighted by molar-refractivity contribution is 7.91. The van der Waals surface area contributed by atoms with Crippen molar-refractivity contribution in [2.45, 2.75) is 39.2 Å². The third-order valence-electron chi connectivity index (χ3n) is 4.03. The van der Waals surface area contributed by atoms with Crippen molar-refractivity contribution < 1.29 is 23.4 Å². The molecule has 106 valence electrons. The zero-order valence-corrected chi connectivity index (χ0v) is 11.9. The molecule has 18 heavy (non-hydrogen) atoms. The first kappa shape index (κ1) is 15.4. The molecule has 3 atom stereocenters. The minimum absolute atomic E-state index is 0.0608. The normalized spacial score (nSPS) is 27.9. The maximum absolute atomic E-state index is 11.4. The number of hydrogen-bond donors (Lipinski definition) is 2. The Morgan fingerprint density at radius 1 is 1.44 bits per heavy atom. The van der Waals surface area contributed by atoms with E-state index in [-0.39, 0.29) is 29.8 Å².